The highest BCUT2D eigenvalue weighted by Gasteiger charge is 2.28. The van der Waals surface area contributed by atoms with Crippen LogP contribution in [-0.2, 0) is 4.74 Å². The first-order chi connectivity index (χ1) is 15.3. The number of rotatable bonds is 6. The number of likely N-dealkylation sites (tertiary alicyclic amines) is 1. The summed E-state index contributed by atoms with van der Waals surface area (Å²) in [6.45, 7) is 11.4. The Hall–Kier alpha value is -2.91. The van der Waals surface area contributed by atoms with Gasteiger partial charge in [-0.1, -0.05) is 6.58 Å². The first-order valence-corrected chi connectivity index (χ1v) is 11.1. The van der Waals surface area contributed by atoms with Gasteiger partial charge in [0.25, 0.3) is 0 Å². The molecule has 0 aliphatic carbocycles. The highest BCUT2D eigenvalue weighted by atomic mass is 16.5. The number of amides is 1. The second-order valence-corrected chi connectivity index (χ2v) is 8.76. The number of allylic oxidation sites excluding steroid dienone is 1. The van der Waals surface area contributed by atoms with Crippen LogP contribution in [0.2, 0.25) is 0 Å². The third-order valence-electron chi connectivity index (χ3n) is 6.27. The molecule has 0 unspecified atom stereocenters. The highest BCUT2D eigenvalue weighted by Crippen LogP contribution is 2.26. The number of nitrogens with zero attached hydrogens (tertiary/aromatic N) is 4. The first-order valence-electron chi connectivity index (χ1n) is 11.1. The number of ketones is 1. The van der Waals surface area contributed by atoms with Crippen LogP contribution in [0.25, 0.3) is 11.2 Å². The predicted octanol–water partition coefficient (Wildman–Crippen LogP) is 2.83. The SMILES string of the molecule is C=C(C)c1cnc2c(NC3CCN(C[C@@H]4CN(C(=O)O)CCO4)CC3)cc(C(C)=O)cn12. The smallest absolute Gasteiger partial charge is 0.407 e. The maximum Gasteiger partial charge on any atom is 0.407 e. The lowest BCUT2D eigenvalue weighted by molar-refractivity contribution is -0.0389. The lowest BCUT2D eigenvalue weighted by Crippen LogP contribution is -2.51. The molecule has 1 atom stereocenters. The molecule has 0 radical (unpaired) electrons. The summed E-state index contributed by atoms with van der Waals surface area (Å²) in [4.78, 5) is 31.6. The molecule has 0 saturated carbocycles. The number of hydrogen-bond acceptors (Lipinski definition) is 6. The van der Waals surface area contributed by atoms with Gasteiger partial charge in [0, 0.05) is 44.0 Å². The summed E-state index contributed by atoms with van der Waals surface area (Å²) in [6.07, 6.45) is 4.54. The van der Waals surface area contributed by atoms with Crippen LogP contribution in [0.5, 0.6) is 0 Å². The molecule has 2 aromatic rings. The van der Waals surface area contributed by atoms with Crippen molar-refractivity contribution in [2.24, 2.45) is 0 Å². The van der Waals surface area contributed by atoms with Crippen LogP contribution < -0.4 is 5.32 Å². The summed E-state index contributed by atoms with van der Waals surface area (Å²) in [5.74, 6) is 0.00835. The van der Waals surface area contributed by atoms with Gasteiger partial charge in [-0.2, -0.15) is 0 Å². The fraction of sp³-hybridized carbons (Fsp3) is 0.522. The average molecular weight is 442 g/mol. The van der Waals surface area contributed by atoms with Crippen molar-refractivity contribution < 1.29 is 19.4 Å². The van der Waals surface area contributed by atoms with Crippen molar-refractivity contribution >= 4 is 28.8 Å². The molecule has 9 nitrogen and oxygen atoms in total. The Morgan fingerprint density at radius 2 is 2.03 bits per heavy atom. The molecule has 1 amide bonds. The summed E-state index contributed by atoms with van der Waals surface area (Å²) >= 11 is 0. The van der Waals surface area contributed by atoms with Gasteiger partial charge < -0.3 is 25.0 Å². The number of fused-ring (bicyclic) bond motifs is 1. The summed E-state index contributed by atoms with van der Waals surface area (Å²) in [7, 11) is 0. The quantitative estimate of drug-likeness (QED) is 0.665. The number of ether oxygens (including phenoxy) is 1. The maximum atomic E-state index is 12.1. The Morgan fingerprint density at radius 3 is 2.69 bits per heavy atom. The molecule has 2 fully saturated rings. The Balaban J connectivity index is 1.40. The highest BCUT2D eigenvalue weighted by molar-refractivity contribution is 5.96. The number of aromatic nitrogens is 2. The maximum absolute atomic E-state index is 12.1. The number of morpholine rings is 1. The minimum absolute atomic E-state index is 0.00835. The number of carbonyl (C=O) groups is 2. The van der Waals surface area contributed by atoms with Crippen LogP contribution in [0, 0.1) is 0 Å². The molecular weight excluding hydrogens is 410 g/mol. The predicted molar refractivity (Wildman–Crippen MR) is 122 cm³/mol. The van der Waals surface area contributed by atoms with E-state index in [-0.39, 0.29) is 17.9 Å². The topological polar surface area (TPSA) is 99.4 Å². The molecule has 2 aliphatic heterocycles. The number of anilines is 1. The van der Waals surface area contributed by atoms with Crippen molar-refractivity contribution in [3.8, 4) is 0 Å². The zero-order chi connectivity index (χ0) is 22.8. The van der Waals surface area contributed by atoms with Crippen LogP contribution >= 0.6 is 0 Å². The third kappa shape index (κ3) is 4.78. The minimum atomic E-state index is -0.880. The molecule has 2 N–H and O–H groups in total. The molecule has 0 aromatic carbocycles. The van der Waals surface area contributed by atoms with Gasteiger partial charge in [-0.25, -0.2) is 9.78 Å². The van der Waals surface area contributed by atoms with Crippen LogP contribution in [0.4, 0.5) is 10.5 Å². The molecule has 2 aromatic heterocycles. The monoisotopic (exact) mass is 441 g/mol. The molecule has 4 heterocycles. The van der Waals surface area contributed by atoms with Crippen molar-refractivity contribution in [3.63, 3.8) is 0 Å². The molecular formula is C23H31N5O4. The van der Waals surface area contributed by atoms with Crippen molar-refractivity contribution in [1.82, 2.24) is 19.2 Å². The summed E-state index contributed by atoms with van der Waals surface area (Å²) in [6, 6.07) is 2.15. The molecule has 2 saturated heterocycles. The van der Waals surface area contributed by atoms with Gasteiger partial charge >= 0.3 is 6.09 Å². The fourth-order valence-electron chi connectivity index (χ4n) is 4.47. The van der Waals surface area contributed by atoms with Gasteiger partial charge in [-0.05, 0) is 38.3 Å². The van der Waals surface area contributed by atoms with Gasteiger partial charge in [0.1, 0.15) is 0 Å². The Kier molecular flexibility index (Phi) is 6.48. The number of hydrogen-bond donors (Lipinski definition) is 2. The Morgan fingerprint density at radius 1 is 1.28 bits per heavy atom. The third-order valence-corrected chi connectivity index (χ3v) is 6.27. The van der Waals surface area contributed by atoms with E-state index >= 15 is 0 Å². The molecule has 0 spiro atoms. The van der Waals surface area contributed by atoms with E-state index in [2.05, 4.69) is 21.8 Å². The minimum Gasteiger partial charge on any atom is -0.465 e. The van der Waals surface area contributed by atoms with Crippen LogP contribution in [0.15, 0.2) is 25.0 Å². The Labute approximate surface area is 187 Å². The number of carbonyl (C=O) groups excluding carboxylic acids is 1. The van der Waals surface area contributed by atoms with E-state index in [0.29, 0.717) is 25.3 Å². The van der Waals surface area contributed by atoms with Gasteiger partial charge in [0.2, 0.25) is 0 Å². The van der Waals surface area contributed by atoms with Gasteiger partial charge in [-0.15, -0.1) is 0 Å². The second kappa shape index (κ2) is 9.30. The number of carboxylic acid groups (broad SMARTS) is 1. The summed E-state index contributed by atoms with van der Waals surface area (Å²) in [5, 5.41) is 12.8. The van der Waals surface area contributed by atoms with Gasteiger partial charge in [0.05, 0.1) is 36.8 Å². The number of pyridine rings is 1. The second-order valence-electron chi connectivity index (χ2n) is 8.76. The number of piperidine rings is 1. The normalized spacial score (nSPS) is 20.4. The Bertz CT molecular complexity index is 1020. The van der Waals surface area contributed by atoms with E-state index in [1.165, 1.54) is 4.90 Å². The van der Waals surface area contributed by atoms with Crippen molar-refractivity contribution in [2.75, 3.05) is 44.6 Å². The van der Waals surface area contributed by atoms with Gasteiger partial charge in [-0.3, -0.25) is 9.20 Å². The standard InChI is InChI=1S/C23H31N5O4/c1-15(2)21-11-24-22-20(10-17(16(3)29)12-28(21)22)25-18-4-6-26(7-5-18)13-19-14-27(23(30)31)8-9-32-19/h10-12,18-19,25H,1,4-9,13-14H2,2-3H3,(H,30,31)/t19-/m1/s1. The number of Topliss-reactive ketones (excluding diaryl/α,β-unsaturated/α-hetero) is 1. The first kappa shape index (κ1) is 22.3. The lowest BCUT2D eigenvalue weighted by Gasteiger charge is -2.37. The molecule has 4 rings (SSSR count). The number of nitrogens with one attached hydrogen (secondary N) is 1. The summed E-state index contributed by atoms with van der Waals surface area (Å²) < 4.78 is 7.71. The van der Waals surface area contributed by atoms with E-state index in [9.17, 15) is 14.7 Å². The van der Waals surface area contributed by atoms with Crippen LogP contribution in [-0.4, -0.2) is 87.6 Å². The average Bonchev–Trinajstić information content (AvgIpc) is 3.20. The van der Waals surface area contributed by atoms with E-state index in [1.807, 2.05) is 23.6 Å². The van der Waals surface area contributed by atoms with Crippen molar-refractivity contribution in [1.29, 1.82) is 0 Å². The van der Waals surface area contributed by atoms with Crippen molar-refractivity contribution in [3.05, 3.63) is 36.3 Å². The van der Waals surface area contributed by atoms with Crippen molar-refractivity contribution in [2.45, 2.75) is 38.8 Å². The molecule has 9 heteroatoms. The van der Waals surface area contributed by atoms with Gasteiger partial charge in [0.15, 0.2) is 11.4 Å². The van der Waals surface area contributed by atoms with Crippen LogP contribution in [0.3, 0.4) is 0 Å². The van der Waals surface area contributed by atoms with Crippen LogP contribution in [0.1, 0.15) is 42.7 Å². The molecule has 2 aliphatic rings. The van der Waals surface area contributed by atoms with E-state index in [4.69, 9.17) is 4.74 Å². The molecule has 172 valence electrons. The zero-order valence-corrected chi connectivity index (χ0v) is 18.7. The zero-order valence-electron chi connectivity index (χ0n) is 18.7. The molecule has 0 bridgehead atoms. The largest absolute Gasteiger partial charge is 0.465 e. The molecule has 32 heavy (non-hydrogen) atoms. The summed E-state index contributed by atoms with van der Waals surface area (Å²) in [5.41, 5.74) is 4.07. The van der Waals surface area contributed by atoms with E-state index in [0.717, 1.165) is 55.1 Å². The number of imidazole rings is 1. The fourth-order valence-corrected chi connectivity index (χ4v) is 4.47. The lowest BCUT2D eigenvalue weighted by atomic mass is 10.0. The van der Waals surface area contributed by atoms with E-state index < -0.39 is 6.09 Å². The van der Waals surface area contributed by atoms with E-state index in [1.54, 1.807) is 13.1 Å².